The first-order valence-corrected chi connectivity index (χ1v) is 6.96. The molecule has 4 nitrogen and oxygen atoms in total. The van der Waals surface area contributed by atoms with Gasteiger partial charge < -0.3 is 10.3 Å². The molecule has 0 saturated heterocycles. The maximum Gasteiger partial charge on any atom is 0.232 e. The zero-order valence-electron chi connectivity index (χ0n) is 10.7. The molecule has 2 saturated carbocycles. The number of aromatic nitrogens is 2. The molecular weight excluding hydrogens is 238 g/mol. The Kier molecular flexibility index (Phi) is 2.30. The van der Waals surface area contributed by atoms with Crippen molar-refractivity contribution in [3.63, 3.8) is 0 Å². The van der Waals surface area contributed by atoms with E-state index in [0.717, 1.165) is 11.5 Å². The number of rotatable bonds is 2. The summed E-state index contributed by atoms with van der Waals surface area (Å²) in [6.45, 7) is 0. The van der Waals surface area contributed by atoms with Gasteiger partial charge in [-0.05, 0) is 18.3 Å². The molecule has 2 N–H and O–H groups in total. The van der Waals surface area contributed by atoms with Gasteiger partial charge in [0, 0.05) is 11.6 Å². The van der Waals surface area contributed by atoms with E-state index in [1.807, 2.05) is 30.3 Å². The Labute approximate surface area is 112 Å². The van der Waals surface area contributed by atoms with Crippen molar-refractivity contribution < 1.29 is 4.52 Å². The van der Waals surface area contributed by atoms with E-state index in [-0.39, 0.29) is 17.4 Å². The molecular formula is C15H17N3O. The van der Waals surface area contributed by atoms with Gasteiger partial charge in [0.1, 0.15) is 0 Å². The summed E-state index contributed by atoms with van der Waals surface area (Å²) in [5.74, 6) is 1.68. The molecule has 2 aliphatic carbocycles. The van der Waals surface area contributed by atoms with Crippen LogP contribution in [-0.4, -0.2) is 16.2 Å². The van der Waals surface area contributed by atoms with Gasteiger partial charge in [0.15, 0.2) is 0 Å². The van der Waals surface area contributed by atoms with Crippen LogP contribution in [0.1, 0.15) is 37.5 Å². The van der Waals surface area contributed by atoms with Crippen LogP contribution in [-0.2, 0) is 0 Å². The van der Waals surface area contributed by atoms with Crippen molar-refractivity contribution in [2.75, 3.05) is 0 Å². The van der Waals surface area contributed by atoms with Crippen LogP contribution in [0.2, 0.25) is 0 Å². The van der Waals surface area contributed by atoms with Crippen molar-refractivity contribution in [1.82, 2.24) is 10.1 Å². The zero-order chi connectivity index (χ0) is 12.9. The second kappa shape index (κ2) is 3.90. The van der Waals surface area contributed by atoms with E-state index in [9.17, 15) is 0 Å². The van der Waals surface area contributed by atoms with Crippen molar-refractivity contribution in [3.05, 3.63) is 36.2 Å². The molecule has 1 heterocycles. The second-order valence-corrected chi connectivity index (χ2v) is 5.77. The number of benzene rings is 1. The van der Waals surface area contributed by atoms with E-state index < -0.39 is 0 Å². The number of nitrogens with zero attached hydrogens (tertiary/aromatic N) is 2. The standard InChI is InChI=1S/C15H17N3O/c16-12-11(15(12)8-4-5-9-15)14-17-13(18-19-14)10-6-2-1-3-7-10/h1-3,6-7,11-12H,4-5,8-9,16H2. The van der Waals surface area contributed by atoms with Gasteiger partial charge in [-0.25, -0.2) is 0 Å². The summed E-state index contributed by atoms with van der Waals surface area (Å²) in [5, 5.41) is 4.10. The number of hydrogen-bond acceptors (Lipinski definition) is 4. The predicted molar refractivity (Wildman–Crippen MR) is 71.4 cm³/mol. The SMILES string of the molecule is NC1C(c2nc(-c3ccccc3)no2)C12CCCC2. The molecule has 0 aliphatic heterocycles. The molecule has 2 aromatic rings. The van der Waals surface area contributed by atoms with Crippen LogP contribution in [0.4, 0.5) is 0 Å². The summed E-state index contributed by atoms with van der Waals surface area (Å²) >= 11 is 0. The maximum atomic E-state index is 6.26. The number of hydrogen-bond donors (Lipinski definition) is 1. The Morgan fingerprint density at radius 2 is 1.89 bits per heavy atom. The molecule has 4 rings (SSSR count). The molecule has 19 heavy (non-hydrogen) atoms. The zero-order valence-corrected chi connectivity index (χ0v) is 10.7. The summed E-state index contributed by atoms with van der Waals surface area (Å²) in [6, 6.07) is 10.1. The minimum Gasteiger partial charge on any atom is -0.339 e. The van der Waals surface area contributed by atoms with Gasteiger partial charge in [0.25, 0.3) is 0 Å². The fraction of sp³-hybridized carbons (Fsp3) is 0.467. The number of nitrogens with two attached hydrogens (primary N) is 1. The molecule has 4 heteroatoms. The van der Waals surface area contributed by atoms with Crippen LogP contribution in [0.25, 0.3) is 11.4 Å². The van der Waals surface area contributed by atoms with Crippen LogP contribution in [0.15, 0.2) is 34.9 Å². The third-order valence-electron chi connectivity index (χ3n) is 4.81. The fourth-order valence-electron chi connectivity index (χ4n) is 3.67. The molecule has 1 aromatic heterocycles. The normalized spacial score (nSPS) is 27.8. The average molecular weight is 255 g/mol. The van der Waals surface area contributed by atoms with Gasteiger partial charge in [-0.1, -0.05) is 48.3 Å². The first kappa shape index (κ1) is 11.2. The van der Waals surface area contributed by atoms with Crippen LogP contribution < -0.4 is 5.73 Å². The maximum absolute atomic E-state index is 6.26. The van der Waals surface area contributed by atoms with Gasteiger partial charge >= 0.3 is 0 Å². The first-order chi connectivity index (χ1) is 9.31. The van der Waals surface area contributed by atoms with E-state index in [1.165, 1.54) is 25.7 Å². The molecule has 0 radical (unpaired) electrons. The second-order valence-electron chi connectivity index (χ2n) is 5.77. The highest BCUT2D eigenvalue weighted by Crippen LogP contribution is 2.66. The average Bonchev–Trinajstić information content (AvgIpc) is 2.92. The van der Waals surface area contributed by atoms with Gasteiger partial charge in [0.05, 0.1) is 5.92 Å². The highest BCUT2D eigenvalue weighted by molar-refractivity contribution is 5.53. The van der Waals surface area contributed by atoms with Crippen LogP contribution >= 0.6 is 0 Å². The lowest BCUT2D eigenvalue weighted by atomic mass is 10.0. The summed E-state index contributed by atoms with van der Waals surface area (Å²) in [7, 11) is 0. The van der Waals surface area contributed by atoms with Crippen LogP contribution in [0.3, 0.4) is 0 Å². The molecule has 0 bridgehead atoms. The largest absolute Gasteiger partial charge is 0.339 e. The lowest BCUT2D eigenvalue weighted by Gasteiger charge is -2.04. The van der Waals surface area contributed by atoms with Gasteiger partial charge in [-0.3, -0.25) is 0 Å². The van der Waals surface area contributed by atoms with Crippen molar-refractivity contribution in [2.45, 2.75) is 37.6 Å². The van der Waals surface area contributed by atoms with Crippen LogP contribution in [0.5, 0.6) is 0 Å². The van der Waals surface area contributed by atoms with E-state index in [2.05, 4.69) is 10.1 Å². The monoisotopic (exact) mass is 255 g/mol. The van der Waals surface area contributed by atoms with Gasteiger partial charge in [-0.15, -0.1) is 0 Å². The molecule has 0 amide bonds. The van der Waals surface area contributed by atoms with Crippen molar-refractivity contribution in [3.8, 4) is 11.4 Å². The Morgan fingerprint density at radius 1 is 1.16 bits per heavy atom. The van der Waals surface area contributed by atoms with E-state index in [4.69, 9.17) is 10.3 Å². The van der Waals surface area contributed by atoms with E-state index in [1.54, 1.807) is 0 Å². The summed E-state index contributed by atoms with van der Waals surface area (Å²) in [5.41, 5.74) is 7.52. The molecule has 2 aliphatic rings. The molecule has 98 valence electrons. The Balaban J connectivity index is 1.63. The van der Waals surface area contributed by atoms with Gasteiger partial charge in [0.2, 0.25) is 11.7 Å². The molecule has 1 spiro atoms. The van der Waals surface area contributed by atoms with E-state index >= 15 is 0 Å². The van der Waals surface area contributed by atoms with Crippen molar-refractivity contribution in [2.24, 2.45) is 11.1 Å². The quantitative estimate of drug-likeness (QED) is 0.896. The first-order valence-electron chi connectivity index (χ1n) is 6.96. The Morgan fingerprint density at radius 3 is 2.63 bits per heavy atom. The summed E-state index contributed by atoms with van der Waals surface area (Å²) < 4.78 is 5.46. The lowest BCUT2D eigenvalue weighted by molar-refractivity contribution is 0.360. The Hall–Kier alpha value is -1.68. The third-order valence-corrected chi connectivity index (χ3v) is 4.81. The fourth-order valence-corrected chi connectivity index (χ4v) is 3.67. The predicted octanol–water partition coefficient (Wildman–Crippen LogP) is 2.72. The summed E-state index contributed by atoms with van der Waals surface area (Å²) in [4.78, 5) is 4.55. The van der Waals surface area contributed by atoms with Gasteiger partial charge in [-0.2, -0.15) is 4.98 Å². The molecule has 2 fully saturated rings. The highest BCUT2D eigenvalue weighted by atomic mass is 16.5. The Bertz CT molecular complexity index is 586. The highest BCUT2D eigenvalue weighted by Gasteiger charge is 2.66. The van der Waals surface area contributed by atoms with E-state index in [0.29, 0.717) is 5.82 Å². The topological polar surface area (TPSA) is 64.9 Å². The summed E-state index contributed by atoms with van der Waals surface area (Å²) in [6.07, 6.45) is 4.98. The van der Waals surface area contributed by atoms with Crippen molar-refractivity contribution >= 4 is 0 Å². The minimum absolute atomic E-state index is 0.207. The minimum atomic E-state index is 0.207. The van der Waals surface area contributed by atoms with Crippen molar-refractivity contribution in [1.29, 1.82) is 0 Å². The smallest absolute Gasteiger partial charge is 0.232 e. The lowest BCUT2D eigenvalue weighted by Crippen LogP contribution is -2.09. The van der Waals surface area contributed by atoms with Crippen LogP contribution in [0, 0.1) is 5.41 Å². The molecule has 2 unspecified atom stereocenters. The molecule has 1 aromatic carbocycles. The molecule has 2 atom stereocenters. The third kappa shape index (κ3) is 1.56.